The van der Waals surface area contributed by atoms with Crippen molar-refractivity contribution in [3.63, 3.8) is 0 Å². The molecule has 0 saturated carbocycles. The second-order valence-electron chi connectivity index (χ2n) is 9.37. The Labute approximate surface area is 209 Å². The van der Waals surface area contributed by atoms with Crippen LogP contribution in [0.2, 0.25) is 0 Å². The maximum Gasteiger partial charge on any atom is 0.254 e. The Morgan fingerprint density at radius 1 is 1.03 bits per heavy atom. The van der Waals surface area contributed by atoms with Crippen LogP contribution < -0.4 is 19.9 Å². The van der Waals surface area contributed by atoms with Gasteiger partial charge in [-0.2, -0.15) is 0 Å². The maximum absolute atomic E-state index is 13.6. The van der Waals surface area contributed by atoms with Gasteiger partial charge in [0.05, 0.1) is 13.7 Å². The fourth-order valence-electron chi connectivity index (χ4n) is 5.09. The van der Waals surface area contributed by atoms with E-state index in [1.54, 1.807) is 19.2 Å². The average molecular weight is 482 g/mol. The summed E-state index contributed by atoms with van der Waals surface area (Å²) in [6.45, 7) is 4.68. The van der Waals surface area contributed by atoms with Crippen LogP contribution in [0.1, 0.15) is 48.0 Å². The van der Waals surface area contributed by atoms with E-state index in [2.05, 4.69) is 23.1 Å². The lowest BCUT2D eigenvalue weighted by Crippen LogP contribution is -2.45. The predicted molar refractivity (Wildman–Crippen MR) is 138 cm³/mol. The standard InChI is InChI=1S/C28H39N3O4/c1-33-26-12-10-23(21-27(26)35-19-13-29)28(32)31-15-5-18-34-25-8-4-6-22(20-25)9-11-24-7-2-3-14-30(24)16-17-31/h4,6,8,10,12,20-21,24H,2-3,5,7,9,11,13-19,29H2,1H3. The van der Waals surface area contributed by atoms with Crippen LogP contribution in [-0.4, -0.2) is 74.8 Å². The Hall–Kier alpha value is -2.77. The minimum atomic E-state index is 0.00732. The molecule has 2 aromatic rings. The van der Waals surface area contributed by atoms with E-state index in [4.69, 9.17) is 19.9 Å². The minimum absolute atomic E-state index is 0.00732. The van der Waals surface area contributed by atoms with E-state index in [9.17, 15) is 4.79 Å². The molecule has 2 N–H and O–H groups in total. The van der Waals surface area contributed by atoms with E-state index in [0.717, 1.165) is 38.1 Å². The zero-order valence-electron chi connectivity index (χ0n) is 20.9. The number of nitrogens with zero attached hydrogens (tertiary/aromatic N) is 2. The summed E-state index contributed by atoms with van der Waals surface area (Å²) in [6.07, 6.45) is 6.70. The first kappa shape index (κ1) is 25.3. The number of aryl methyl sites for hydroxylation is 1. The number of nitrogens with two attached hydrogens (primary N) is 1. The topological polar surface area (TPSA) is 77.3 Å². The molecule has 0 spiro atoms. The number of amides is 1. The van der Waals surface area contributed by atoms with E-state index < -0.39 is 0 Å². The fraction of sp³-hybridized carbons (Fsp3) is 0.536. The molecular formula is C28H39N3O4. The lowest BCUT2D eigenvalue weighted by molar-refractivity contribution is 0.0682. The SMILES string of the molecule is COc1ccc(C(=O)N2CCCOc3cccc(c3)CCC3CCCCN3CC2)cc1OCCN. The molecule has 1 saturated heterocycles. The smallest absolute Gasteiger partial charge is 0.254 e. The maximum atomic E-state index is 13.6. The quantitative estimate of drug-likeness (QED) is 0.701. The van der Waals surface area contributed by atoms with Crippen molar-refractivity contribution in [2.45, 2.75) is 44.6 Å². The molecule has 4 rings (SSSR count). The van der Waals surface area contributed by atoms with Gasteiger partial charge in [0, 0.05) is 37.8 Å². The molecule has 1 amide bonds. The molecule has 1 fully saturated rings. The van der Waals surface area contributed by atoms with E-state index in [-0.39, 0.29) is 5.91 Å². The highest BCUT2D eigenvalue weighted by atomic mass is 16.5. The zero-order valence-corrected chi connectivity index (χ0v) is 20.9. The predicted octanol–water partition coefficient (Wildman–Crippen LogP) is 3.74. The van der Waals surface area contributed by atoms with E-state index in [0.29, 0.717) is 56.0 Å². The number of hydrogen-bond acceptors (Lipinski definition) is 6. The van der Waals surface area contributed by atoms with E-state index >= 15 is 0 Å². The van der Waals surface area contributed by atoms with Crippen molar-refractivity contribution in [3.8, 4) is 17.2 Å². The van der Waals surface area contributed by atoms with Crippen molar-refractivity contribution >= 4 is 5.91 Å². The number of rotatable bonds is 5. The molecule has 2 aromatic carbocycles. The molecule has 1 unspecified atom stereocenters. The van der Waals surface area contributed by atoms with Gasteiger partial charge in [-0.25, -0.2) is 0 Å². The van der Waals surface area contributed by atoms with E-state index in [1.165, 1.54) is 24.8 Å². The largest absolute Gasteiger partial charge is 0.494 e. The lowest BCUT2D eigenvalue weighted by Gasteiger charge is -2.37. The third-order valence-electron chi connectivity index (χ3n) is 6.99. The highest BCUT2D eigenvalue weighted by Crippen LogP contribution is 2.29. The number of carbonyl (C=O) groups excluding carboxylic acids is 1. The van der Waals surface area contributed by atoms with Crippen molar-refractivity contribution in [2.75, 3.05) is 53.0 Å². The van der Waals surface area contributed by atoms with Gasteiger partial charge < -0.3 is 24.8 Å². The van der Waals surface area contributed by atoms with Crippen LogP contribution in [0, 0.1) is 0 Å². The first-order valence-electron chi connectivity index (χ1n) is 12.9. The van der Waals surface area contributed by atoms with Crippen LogP contribution in [0.3, 0.4) is 0 Å². The Morgan fingerprint density at radius 2 is 1.94 bits per heavy atom. The summed E-state index contributed by atoms with van der Waals surface area (Å²) in [5, 5.41) is 0. The summed E-state index contributed by atoms with van der Waals surface area (Å²) in [6, 6.07) is 14.4. The van der Waals surface area contributed by atoms with Crippen LogP contribution in [0.4, 0.5) is 0 Å². The van der Waals surface area contributed by atoms with Crippen LogP contribution >= 0.6 is 0 Å². The lowest BCUT2D eigenvalue weighted by atomic mass is 9.95. The summed E-state index contributed by atoms with van der Waals surface area (Å²) in [5.74, 6) is 2.07. The monoisotopic (exact) mass is 481 g/mol. The van der Waals surface area contributed by atoms with E-state index in [1.807, 2.05) is 17.0 Å². The third kappa shape index (κ3) is 6.89. The van der Waals surface area contributed by atoms with Gasteiger partial charge in [-0.1, -0.05) is 18.6 Å². The van der Waals surface area contributed by atoms with Crippen LogP contribution in [-0.2, 0) is 6.42 Å². The van der Waals surface area contributed by atoms with Gasteiger partial charge in [0.25, 0.3) is 5.91 Å². The molecule has 2 bridgehead atoms. The number of hydrogen-bond donors (Lipinski definition) is 1. The highest BCUT2D eigenvalue weighted by Gasteiger charge is 2.25. The molecule has 2 aliphatic rings. The number of methoxy groups -OCH3 is 1. The molecule has 2 heterocycles. The van der Waals surface area contributed by atoms with Crippen LogP contribution in [0.25, 0.3) is 0 Å². The highest BCUT2D eigenvalue weighted by molar-refractivity contribution is 5.95. The van der Waals surface area contributed by atoms with Gasteiger partial charge in [-0.15, -0.1) is 0 Å². The van der Waals surface area contributed by atoms with Gasteiger partial charge in [-0.05, 0) is 74.5 Å². The summed E-state index contributed by atoms with van der Waals surface area (Å²) >= 11 is 0. The van der Waals surface area contributed by atoms with Gasteiger partial charge in [-0.3, -0.25) is 9.69 Å². The first-order valence-corrected chi connectivity index (χ1v) is 12.9. The number of benzene rings is 2. The van der Waals surface area contributed by atoms with Gasteiger partial charge in [0.15, 0.2) is 11.5 Å². The third-order valence-corrected chi connectivity index (χ3v) is 6.99. The Bertz CT molecular complexity index is 967. The van der Waals surface area contributed by atoms with Crippen molar-refractivity contribution in [2.24, 2.45) is 5.73 Å². The zero-order chi connectivity index (χ0) is 24.5. The second kappa shape index (κ2) is 12.8. The molecule has 7 heteroatoms. The molecular weight excluding hydrogens is 442 g/mol. The van der Waals surface area contributed by atoms with Crippen molar-refractivity contribution in [1.82, 2.24) is 9.80 Å². The average Bonchev–Trinajstić information content (AvgIpc) is 2.90. The van der Waals surface area contributed by atoms with Gasteiger partial charge in [0.1, 0.15) is 12.4 Å². The molecule has 7 nitrogen and oxygen atoms in total. The summed E-state index contributed by atoms with van der Waals surface area (Å²) in [4.78, 5) is 18.2. The molecule has 0 aliphatic carbocycles. The summed E-state index contributed by atoms with van der Waals surface area (Å²) in [5.41, 5.74) is 7.54. The van der Waals surface area contributed by atoms with Crippen molar-refractivity contribution < 1.29 is 19.0 Å². The van der Waals surface area contributed by atoms with Gasteiger partial charge >= 0.3 is 0 Å². The molecule has 2 aliphatic heterocycles. The van der Waals surface area contributed by atoms with Crippen LogP contribution in [0.5, 0.6) is 17.2 Å². The number of piperidine rings is 1. The normalized spacial score (nSPS) is 19.7. The molecule has 35 heavy (non-hydrogen) atoms. The first-order chi connectivity index (χ1) is 17.2. The van der Waals surface area contributed by atoms with Gasteiger partial charge in [0.2, 0.25) is 0 Å². The second-order valence-corrected chi connectivity index (χ2v) is 9.37. The molecule has 1 atom stereocenters. The Morgan fingerprint density at radius 3 is 2.80 bits per heavy atom. The summed E-state index contributed by atoms with van der Waals surface area (Å²) in [7, 11) is 1.60. The Balaban J connectivity index is 1.52. The molecule has 190 valence electrons. The number of carbonyl (C=O) groups is 1. The molecule has 0 aromatic heterocycles. The minimum Gasteiger partial charge on any atom is -0.494 e. The Kier molecular flexibility index (Phi) is 9.26. The van der Waals surface area contributed by atoms with Crippen molar-refractivity contribution in [3.05, 3.63) is 53.6 Å². The fourth-order valence-corrected chi connectivity index (χ4v) is 5.09. The number of ether oxygens (including phenoxy) is 3. The van der Waals surface area contributed by atoms with Crippen molar-refractivity contribution in [1.29, 1.82) is 0 Å². The number of fused-ring (bicyclic) bond motifs is 3. The summed E-state index contributed by atoms with van der Waals surface area (Å²) < 4.78 is 17.2. The van der Waals surface area contributed by atoms with Crippen LogP contribution in [0.15, 0.2) is 42.5 Å². The molecule has 0 radical (unpaired) electrons.